The zero-order chi connectivity index (χ0) is 19.9. The molecule has 0 unspecified atom stereocenters. The van der Waals surface area contributed by atoms with Crippen LogP contribution in [0.3, 0.4) is 0 Å². The highest BCUT2D eigenvalue weighted by Crippen LogP contribution is 2.22. The van der Waals surface area contributed by atoms with E-state index in [0.717, 1.165) is 11.1 Å². The summed E-state index contributed by atoms with van der Waals surface area (Å²) in [5, 5.41) is 5.43. The van der Waals surface area contributed by atoms with E-state index in [2.05, 4.69) is 20.6 Å². The van der Waals surface area contributed by atoms with Crippen LogP contribution in [0.5, 0.6) is 11.6 Å². The molecule has 0 bridgehead atoms. The monoisotopic (exact) mass is 376 g/mol. The highest BCUT2D eigenvalue weighted by Gasteiger charge is 2.06. The Morgan fingerprint density at radius 1 is 1.00 bits per heavy atom. The van der Waals surface area contributed by atoms with Crippen molar-refractivity contribution in [1.29, 1.82) is 0 Å². The standard InChI is InChI=1S/C21H20N4O3/c1-14-4-3-5-16(10-14)11-20(27)25-17-6-8-18(9-7-17)28-21-12-19(22-13-23-21)24-15(2)26/h3-10,12-13H,11H2,1-2H3,(H,25,27)(H,22,23,24,26). The zero-order valence-corrected chi connectivity index (χ0v) is 15.6. The number of carbonyl (C=O) groups is 2. The van der Waals surface area contributed by atoms with Gasteiger partial charge in [-0.05, 0) is 36.8 Å². The lowest BCUT2D eigenvalue weighted by Gasteiger charge is -2.09. The van der Waals surface area contributed by atoms with Crippen LogP contribution in [0, 0.1) is 6.92 Å². The molecule has 1 aromatic heterocycles. The minimum Gasteiger partial charge on any atom is -0.439 e. The maximum atomic E-state index is 12.2. The van der Waals surface area contributed by atoms with Crippen molar-refractivity contribution in [2.75, 3.05) is 10.6 Å². The summed E-state index contributed by atoms with van der Waals surface area (Å²) in [4.78, 5) is 31.2. The molecule has 0 radical (unpaired) electrons. The number of aromatic nitrogens is 2. The number of amides is 2. The molecule has 0 saturated carbocycles. The van der Waals surface area contributed by atoms with Crippen LogP contribution in [0.4, 0.5) is 11.5 Å². The minimum absolute atomic E-state index is 0.0879. The summed E-state index contributed by atoms with van der Waals surface area (Å²) in [6.07, 6.45) is 1.62. The van der Waals surface area contributed by atoms with Crippen LogP contribution in [0.15, 0.2) is 60.9 Å². The molecule has 2 amide bonds. The predicted molar refractivity (Wildman–Crippen MR) is 106 cm³/mol. The highest BCUT2D eigenvalue weighted by molar-refractivity contribution is 5.92. The van der Waals surface area contributed by atoms with Crippen LogP contribution < -0.4 is 15.4 Å². The fraction of sp³-hybridized carbons (Fsp3) is 0.143. The minimum atomic E-state index is -0.226. The Kier molecular flexibility index (Phi) is 5.96. The largest absolute Gasteiger partial charge is 0.439 e. The third kappa shape index (κ3) is 5.63. The summed E-state index contributed by atoms with van der Waals surface area (Å²) in [5.41, 5.74) is 2.76. The van der Waals surface area contributed by atoms with E-state index in [9.17, 15) is 9.59 Å². The Hall–Kier alpha value is -3.74. The molecule has 0 atom stereocenters. The lowest BCUT2D eigenvalue weighted by Crippen LogP contribution is -2.14. The smallest absolute Gasteiger partial charge is 0.228 e. The number of ether oxygens (including phenoxy) is 1. The number of carbonyl (C=O) groups excluding carboxylic acids is 2. The lowest BCUT2D eigenvalue weighted by atomic mass is 10.1. The number of anilines is 2. The topological polar surface area (TPSA) is 93.2 Å². The van der Waals surface area contributed by atoms with E-state index in [1.165, 1.54) is 19.3 Å². The van der Waals surface area contributed by atoms with Gasteiger partial charge in [0.15, 0.2) is 0 Å². The molecule has 0 fully saturated rings. The zero-order valence-electron chi connectivity index (χ0n) is 15.6. The van der Waals surface area contributed by atoms with Crippen molar-refractivity contribution in [2.24, 2.45) is 0 Å². The molecule has 1 heterocycles. The van der Waals surface area contributed by atoms with E-state index < -0.39 is 0 Å². The first-order valence-electron chi connectivity index (χ1n) is 8.71. The van der Waals surface area contributed by atoms with Gasteiger partial charge in [0.1, 0.15) is 17.9 Å². The van der Waals surface area contributed by atoms with E-state index in [4.69, 9.17) is 4.74 Å². The van der Waals surface area contributed by atoms with Crippen molar-refractivity contribution < 1.29 is 14.3 Å². The summed E-state index contributed by atoms with van der Waals surface area (Å²) >= 11 is 0. The van der Waals surface area contributed by atoms with Crippen molar-refractivity contribution in [3.05, 3.63) is 72.1 Å². The number of hydrogen-bond donors (Lipinski definition) is 2. The Balaban J connectivity index is 1.59. The first kappa shape index (κ1) is 19.0. The van der Waals surface area contributed by atoms with Crippen molar-refractivity contribution in [3.8, 4) is 11.6 Å². The van der Waals surface area contributed by atoms with Gasteiger partial charge in [-0.15, -0.1) is 0 Å². The molecule has 7 heteroatoms. The Morgan fingerprint density at radius 3 is 2.50 bits per heavy atom. The molecule has 28 heavy (non-hydrogen) atoms. The SMILES string of the molecule is CC(=O)Nc1cc(Oc2ccc(NC(=O)Cc3cccc(C)c3)cc2)ncn1. The highest BCUT2D eigenvalue weighted by atomic mass is 16.5. The number of rotatable bonds is 6. The second-order valence-electron chi connectivity index (χ2n) is 6.26. The van der Waals surface area contributed by atoms with Gasteiger partial charge in [0, 0.05) is 18.7 Å². The van der Waals surface area contributed by atoms with Crippen LogP contribution in [0.2, 0.25) is 0 Å². The summed E-state index contributed by atoms with van der Waals surface area (Å²) < 4.78 is 5.65. The van der Waals surface area contributed by atoms with Crippen molar-refractivity contribution in [3.63, 3.8) is 0 Å². The first-order valence-corrected chi connectivity index (χ1v) is 8.71. The molecule has 142 valence electrons. The normalized spacial score (nSPS) is 10.2. The number of nitrogens with one attached hydrogen (secondary N) is 2. The third-order valence-electron chi connectivity index (χ3n) is 3.75. The van der Waals surface area contributed by atoms with Gasteiger partial charge in [0.25, 0.3) is 0 Å². The van der Waals surface area contributed by atoms with Crippen LogP contribution in [-0.4, -0.2) is 21.8 Å². The van der Waals surface area contributed by atoms with Gasteiger partial charge < -0.3 is 15.4 Å². The fourth-order valence-electron chi connectivity index (χ4n) is 2.58. The van der Waals surface area contributed by atoms with Gasteiger partial charge in [-0.1, -0.05) is 29.8 Å². The molecule has 2 N–H and O–H groups in total. The van der Waals surface area contributed by atoms with Gasteiger partial charge in [0.2, 0.25) is 17.7 Å². The third-order valence-corrected chi connectivity index (χ3v) is 3.75. The molecular formula is C21H20N4O3. The van der Waals surface area contributed by atoms with E-state index in [0.29, 0.717) is 29.6 Å². The molecule has 7 nitrogen and oxygen atoms in total. The van der Waals surface area contributed by atoms with Crippen LogP contribution in [0.1, 0.15) is 18.1 Å². The van der Waals surface area contributed by atoms with E-state index in [1.807, 2.05) is 31.2 Å². The fourth-order valence-corrected chi connectivity index (χ4v) is 2.58. The average molecular weight is 376 g/mol. The number of nitrogens with zero attached hydrogens (tertiary/aromatic N) is 2. The molecular weight excluding hydrogens is 356 g/mol. The Morgan fingerprint density at radius 2 is 1.79 bits per heavy atom. The molecule has 0 aliphatic rings. The van der Waals surface area contributed by atoms with Gasteiger partial charge in [-0.3, -0.25) is 9.59 Å². The van der Waals surface area contributed by atoms with Gasteiger partial charge >= 0.3 is 0 Å². The van der Waals surface area contributed by atoms with Gasteiger partial charge in [-0.25, -0.2) is 9.97 Å². The van der Waals surface area contributed by atoms with Crippen molar-refractivity contribution >= 4 is 23.3 Å². The summed E-state index contributed by atoms with van der Waals surface area (Å²) in [6, 6.07) is 16.3. The summed E-state index contributed by atoms with van der Waals surface area (Å²) in [7, 11) is 0. The Bertz CT molecular complexity index is 987. The predicted octanol–water partition coefficient (Wildman–Crippen LogP) is 3.72. The molecule has 0 saturated heterocycles. The molecule has 3 rings (SSSR count). The maximum absolute atomic E-state index is 12.2. The van der Waals surface area contributed by atoms with Gasteiger partial charge in [-0.2, -0.15) is 0 Å². The van der Waals surface area contributed by atoms with Gasteiger partial charge in [0.05, 0.1) is 6.42 Å². The maximum Gasteiger partial charge on any atom is 0.228 e. The summed E-state index contributed by atoms with van der Waals surface area (Å²) in [6.45, 7) is 3.39. The van der Waals surface area contributed by atoms with E-state index in [-0.39, 0.29) is 11.8 Å². The quantitative estimate of drug-likeness (QED) is 0.684. The second-order valence-corrected chi connectivity index (χ2v) is 6.26. The van der Waals surface area contributed by atoms with Crippen LogP contribution >= 0.6 is 0 Å². The molecule has 3 aromatic rings. The van der Waals surface area contributed by atoms with Crippen LogP contribution in [-0.2, 0) is 16.0 Å². The van der Waals surface area contributed by atoms with Crippen molar-refractivity contribution in [1.82, 2.24) is 9.97 Å². The van der Waals surface area contributed by atoms with Crippen LogP contribution in [0.25, 0.3) is 0 Å². The Labute approximate surface area is 162 Å². The second kappa shape index (κ2) is 8.77. The van der Waals surface area contributed by atoms with E-state index in [1.54, 1.807) is 24.3 Å². The molecule has 0 aliphatic heterocycles. The number of aryl methyl sites for hydroxylation is 1. The van der Waals surface area contributed by atoms with E-state index >= 15 is 0 Å². The van der Waals surface area contributed by atoms with Crippen molar-refractivity contribution in [2.45, 2.75) is 20.3 Å². The first-order chi connectivity index (χ1) is 13.5. The summed E-state index contributed by atoms with van der Waals surface area (Å²) in [5.74, 6) is 0.891. The number of hydrogen-bond acceptors (Lipinski definition) is 5. The average Bonchev–Trinajstić information content (AvgIpc) is 2.63. The molecule has 0 spiro atoms. The molecule has 0 aliphatic carbocycles. The molecule has 2 aromatic carbocycles. The lowest BCUT2D eigenvalue weighted by molar-refractivity contribution is -0.116. The number of benzene rings is 2.